The van der Waals surface area contributed by atoms with Crippen molar-refractivity contribution in [2.24, 2.45) is 0 Å². The molecule has 0 amide bonds. The SMILES string of the molecule is C[C@H](C(=O)OC(c1ccccc1)c1ccccc1)c1ccccc1Cl. The zero-order chi connectivity index (χ0) is 17.6. The Morgan fingerprint density at radius 3 is 1.80 bits per heavy atom. The highest BCUT2D eigenvalue weighted by Crippen LogP contribution is 2.30. The molecule has 2 nitrogen and oxygen atoms in total. The molecule has 0 radical (unpaired) electrons. The van der Waals surface area contributed by atoms with E-state index in [9.17, 15) is 4.79 Å². The molecule has 3 rings (SSSR count). The van der Waals surface area contributed by atoms with Crippen molar-refractivity contribution in [3.05, 3.63) is 107 Å². The van der Waals surface area contributed by atoms with Gasteiger partial charge in [-0.1, -0.05) is 90.5 Å². The summed E-state index contributed by atoms with van der Waals surface area (Å²) in [6, 6.07) is 26.9. The first kappa shape index (κ1) is 17.2. The van der Waals surface area contributed by atoms with Crippen molar-refractivity contribution in [1.29, 1.82) is 0 Å². The maximum absolute atomic E-state index is 12.8. The summed E-state index contributed by atoms with van der Waals surface area (Å²) in [7, 11) is 0. The van der Waals surface area contributed by atoms with Crippen molar-refractivity contribution in [2.75, 3.05) is 0 Å². The molecule has 3 aromatic rings. The van der Waals surface area contributed by atoms with E-state index in [2.05, 4.69) is 0 Å². The van der Waals surface area contributed by atoms with E-state index in [0.29, 0.717) is 5.02 Å². The molecule has 0 bridgehead atoms. The number of hydrogen-bond acceptors (Lipinski definition) is 2. The molecule has 0 unspecified atom stereocenters. The molecular formula is C22H19ClO2. The van der Waals surface area contributed by atoms with E-state index in [1.54, 1.807) is 6.07 Å². The molecule has 0 fully saturated rings. The van der Waals surface area contributed by atoms with E-state index in [1.165, 1.54) is 0 Å². The van der Waals surface area contributed by atoms with Crippen LogP contribution >= 0.6 is 11.6 Å². The number of hydrogen-bond donors (Lipinski definition) is 0. The van der Waals surface area contributed by atoms with Gasteiger partial charge in [0, 0.05) is 5.02 Å². The zero-order valence-electron chi connectivity index (χ0n) is 13.9. The third-order valence-corrected chi connectivity index (χ3v) is 4.51. The Balaban J connectivity index is 1.88. The third-order valence-electron chi connectivity index (χ3n) is 4.16. The van der Waals surface area contributed by atoms with Crippen LogP contribution in [0.2, 0.25) is 5.02 Å². The molecule has 0 saturated carbocycles. The highest BCUT2D eigenvalue weighted by Gasteiger charge is 2.24. The Morgan fingerprint density at radius 1 is 0.800 bits per heavy atom. The Kier molecular flexibility index (Phi) is 5.52. The number of rotatable bonds is 5. The molecule has 0 N–H and O–H groups in total. The van der Waals surface area contributed by atoms with Gasteiger partial charge in [0.15, 0.2) is 6.10 Å². The number of carbonyl (C=O) groups excluding carboxylic acids is 1. The van der Waals surface area contributed by atoms with E-state index in [4.69, 9.17) is 16.3 Å². The van der Waals surface area contributed by atoms with Gasteiger partial charge in [0.25, 0.3) is 0 Å². The summed E-state index contributed by atoms with van der Waals surface area (Å²) in [6.07, 6.45) is -0.445. The molecule has 0 aromatic heterocycles. The van der Waals surface area contributed by atoms with Crippen LogP contribution in [0.4, 0.5) is 0 Å². The molecule has 1 atom stereocenters. The Morgan fingerprint density at radius 2 is 1.28 bits per heavy atom. The molecular weight excluding hydrogens is 332 g/mol. The van der Waals surface area contributed by atoms with Crippen LogP contribution in [0.1, 0.15) is 35.6 Å². The molecule has 0 saturated heterocycles. The van der Waals surface area contributed by atoms with Crippen molar-refractivity contribution in [3.63, 3.8) is 0 Å². The summed E-state index contributed by atoms with van der Waals surface area (Å²) in [5, 5.41) is 0.572. The highest BCUT2D eigenvalue weighted by atomic mass is 35.5. The lowest BCUT2D eigenvalue weighted by Crippen LogP contribution is -2.18. The lowest BCUT2D eigenvalue weighted by Gasteiger charge is -2.21. The van der Waals surface area contributed by atoms with E-state index < -0.39 is 12.0 Å². The monoisotopic (exact) mass is 350 g/mol. The van der Waals surface area contributed by atoms with E-state index >= 15 is 0 Å². The fourth-order valence-electron chi connectivity index (χ4n) is 2.76. The normalized spacial score (nSPS) is 12.0. The minimum atomic E-state index is -0.445. The topological polar surface area (TPSA) is 26.3 Å². The van der Waals surface area contributed by atoms with Gasteiger partial charge in [0.2, 0.25) is 0 Å². The number of carbonyl (C=O) groups is 1. The van der Waals surface area contributed by atoms with Crippen LogP contribution in [0.15, 0.2) is 84.9 Å². The van der Waals surface area contributed by atoms with Crippen molar-refractivity contribution >= 4 is 17.6 Å². The zero-order valence-corrected chi connectivity index (χ0v) is 14.7. The molecule has 3 aromatic carbocycles. The van der Waals surface area contributed by atoms with Gasteiger partial charge in [-0.05, 0) is 29.7 Å². The fourth-order valence-corrected chi connectivity index (χ4v) is 3.06. The molecule has 126 valence electrons. The van der Waals surface area contributed by atoms with Gasteiger partial charge in [0.05, 0.1) is 5.92 Å². The average Bonchev–Trinajstić information content (AvgIpc) is 2.67. The molecule has 0 aliphatic rings. The minimum absolute atomic E-state index is 0.300. The predicted octanol–water partition coefficient (Wildman–Crippen LogP) is 5.78. The van der Waals surface area contributed by atoms with Gasteiger partial charge in [-0.3, -0.25) is 4.79 Å². The Hall–Kier alpha value is -2.58. The third kappa shape index (κ3) is 4.09. The second-order valence-corrected chi connectivity index (χ2v) is 6.29. The lowest BCUT2D eigenvalue weighted by atomic mass is 9.99. The lowest BCUT2D eigenvalue weighted by molar-refractivity contribution is -0.149. The predicted molar refractivity (Wildman–Crippen MR) is 101 cm³/mol. The van der Waals surface area contributed by atoms with Crippen molar-refractivity contribution < 1.29 is 9.53 Å². The number of ether oxygens (including phenoxy) is 1. The van der Waals surface area contributed by atoms with Crippen LogP contribution in [-0.2, 0) is 9.53 Å². The van der Waals surface area contributed by atoms with Gasteiger partial charge < -0.3 is 4.74 Å². The second kappa shape index (κ2) is 8.00. The fraction of sp³-hybridized carbons (Fsp3) is 0.136. The van der Waals surface area contributed by atoms with Crippen molar-refractivity contribution in [3.8, 4) is 0 Å². The van der Waals surface area contributed by atoms with Crippen LogP contribution in [0.3, 0.4) is 0 Å². The summed E-state index contributed by atoms with van der Waals surface area (Å²) in [5.41, 5.74) is 2.65. The first-order chi connectivity index (χ1) is 12.2. The maximum atomic E-state index is 12.8. The second-order valence-electron chi connectivity index (χ2n) is 5.88. The highest BCUT2D eigenvalue weighted by molar-refractivity contribution is 6.31. The molecule has 0 aliphatic heterocycles. The molecule has 0 spiro atoms. The van der Waals surface area contributed by atoms with Crippen LogP contribution < -0.4 is 0 Å². The molecule has 3 heteroatoms. The largest absolute Gasteiger partial charge is 0.452 e. The quantitative estimate of drug-likeness (QED) is 0.545. The van der Waals surface area contributed by atoms with Crippen LogP contribution in [0.5, 0.6) is 0 Å². The van der Waals surface area contributed by atoms with Gasteiger partial charge >= 0.3 is 5.97 Å². The van der Waals surface area contributed by atoms with Gasteiger partial charge in [-0.25, -0.2) is 0 Å². The van der Waals surface area contributed by atoms with E-state index in [-0.39, 0.29) is 5.97 Å². The first-order valence-corrected chi connectivity index (χ1v) is 8.59. The number of benzene rings is 3. The molecule has 0 heterocycles. The van der Waals surface area contributed by atoms with E-state index in [1.807, 2.05) is 85.8 Å². The van der Waals surface area contributed by atoms with Crippen molar-refractivity contribution in [2.45, 2.75) is 18.9 Å². The Bertz CT molecular complexity index is 791. The van der Waals surface area contributed by atoms with Crippen LogP contribution in [-0.4, -0.2) is 5.97 Å². The smallest absolute Gasteiger partial charge is 0.314 e. The Labute approximate surface area is 153 Å². The van der Waals surface area contributed by atoms with Gasteiger partial charge in [-0.15, -0.1) is 0 Å². The first-order valence-electron chi connectivity index (χ1n) is 8.21. The summed E-state index contributed by atoms with van der Waals surface area (Å²) < 4.78 is 5.90. The summed E-state index contributed by atoms with van der Waals surface area (Å²) in [4.78, 5) is 12.8. The minimum Gasteiger partial charge on any atom is -0.452 e. The maximum Gasteiger partial charge on any atom is 0.314 e. The van der Waals surface area contributed by atoms with Gasteiger partial charge in [-0.2, -0.15) is 0 Å². The van der Waals surface area contributed by atoms with E-state index in [0.717, 1.165) is 16.7 Å². The van der Waals surface area contributed by atoms with Crippen molar-refractivity contribution in [1.82, 2.24) is 0 Å². The number of esters is 1. The number of halogens is 1. The van der Waals surface area contributed by atoms with Crippen LogP contribution in [0.25, 0.3) is 0 Å². The average molecular weight is 351 g/mol. The molecule has 25 heavy (non-hydrogen) atoms. The summed E-state index contributed by atoms with van der Waals surface area (Å²) >= 11 is 6.23. The standard InChI is InChI=1S/C22H19ClO2/c1-16(19-14-8-9-15-20(19)23)22(24)25-21(17-10-4-2-5-11-17)18-12-6-3-7-13-18/h2-16,21H,1H3/t16-/m0/s1. The summed E-state index contributed by atoms with van der Waals surface area (Å²) in [6.45, 7) is 1.82. The summed E-state index contributed by atoms with van der Waals surface area (Å²) in [5.74, 6) is -0.741. The molecule has 0 aliphatic carbocycles. The van der Waals surface area contributed by atoms with Gasteiger partial charge in [0.1, 0.15) is 0 Å². The van der Waals surface area contributed by atoms with Crippen LogP contribution in [0, 0.1) is 0 Å².